The van der Waals surface area contributed by atoms with E-state index >= 15 is 0 Å². The van der Waals surface area contributed by atoms with Crippen LogP contribution in [0.15, 0.2) is 42.5 Å². The van der Waals surface area contributed by atoms with Crippen molar-refractivity contribution < 1.29 is 19.1 Å². The smallest absolute Gasteiger partial charge is 0.253 e. The molecule has 1 atom stereocenters. The summed E-state index contributed by atoms with van der Waals surface area (Å²) in [7, 11) is 1.59. The fourth-order valence-corrected chi connectivity index (χ4v) is 3.98. The number of fused-ring (bicyclic) bond motifs is 1. The molecule has 2 aromatic carbocycles. The van der Waals surface area contributed by atoms with Crippen LogP contribution in [0.1, 0.15) is 27.7 Å². The maximum absolute atomic E-state index is 13.0. The Morgan fingerprint density at radius 1 is 1.29 bits per heavy atom. The third-order valence-electron chi connectivity index (χ3n) is 5.35. The number of aromatic nitrogens is 1. The van der Waals surface area contributed by atoms with Crippen molar-refractivity contribution in [3.8, 4) is 0 Å². The molecule has 7 nitrogen and oxygen atoms in total. The van der Waals surface area contributed by atoms with E-state index in [-0.39, 0.29) is 24.5 Å². The number of anilines is 1. The van der Waals surface area contributed by atoms with Gasteiger partial charge in [0.1, 0.15) is 6.61 Å². The van der Waals surface area contributed by atoms with E-state index in [0.717, 1.165) is 27.8 Å². The molecule has 3 aromatic rings. The molecule has 1 fully saturated rings. The molecule has 1 aliphatic rings. The Morgan fingerprint density at radius 3 is 2.87 bits per heavy atom. The van der Waals surface area contributed by atoms with E-state index in [9.17, 15) is 9.59 Å². The first-order valence-corrected chi connectivity index (χ1v) is 10.4. The van der Waals surface area contributed by atoms with Crippen LogP contribution in [0, 0.1) is 6.92 Å². The summed E-state index contributed by atoms with van der Waals surface area (Å²) in [6, 6.07) is 12.5. The molecule has 1 saturated heterocycles. The van der Waals surface area contributed by atoms with Gasteiger partial charge in [0.25, 0.3) is 11.8 Å². The quantitative estimate of drug-likeness (QED) is 0.612. The number of nitrogens with one attached hydrogen (secondary N) is 2. The summed E-state index contributed by atoms with van der Waals surface area (Å²) >= 11 is 6.09. The van der Waals surface area contributed by atoms with Crippen molar-refractivity contribution in [1.29, 1.82) is 0 Å². The van der Waals surface area contributed by atoms with E-state index in [1.54, 1.807) is 24.1 Å². The topological polar surface area (TPSA) is 83.7 Å². The van der Waals surface area contributed by atoms with Gasteiger partial charge in [-0.1, -0.05) is 11.6 Å². The molecule has 0 radical (unpaired) electrons. The van der Waals surface area contributed by atoms with Crippen LogP contribution in [0.5, 0.6) is 0 Å². The van der Waals surface area contributed by atoms with Gasteiger partial charge >= 0.3 is 0 Å². The van der Waals surface area contributed by atoms with Gasteiger partial charge in [0.2, 0.25) is 0 Å². The van der Waals surface area contributed by atoms with Crippen LogP contribution in [0.25, 0.3) is 10.9 Å². The Kier molecular flexibility index (Phi) is 6.27. The second-order valence-corrected chi connectivity index (χ2v) is 7.97. The molecule has 2 amide bonds. The van der Waals surface area contributed by atoms with E-state index in [4.69, 9.17) is 21.1 Å². The predicted octanol–water partition coefficient (Wildman–Crippen LogP) is 3.61. The summed E-state index contributed by atoms with van der Waals surface area (Å²) in [6.45, 7) is 3.29. The number of nitrogens with zero attached hydrogens (tertiary/aromatic N) is 1. The summed E-state index contributed by atoms with van der Waals surface area (Å²) in [5, 5.41) is 4.65. The molecule has 4 rings (SSSR count). The lowest BCUT2D eigenvalue weighted by atomic mass is 10.1. The number of methoxy groups -OCH3 is 1. The summed E-state index contributed by atoms with van der Waals surface area (Å²) in [6.07, 6.45) is 0. The SMILES string of the molecule is COCC(NC(=O)c1ccc(N2CCOCC2=O)c(C)c1)c1cc2cc(Cl)ccc2[nH]1. The summed E-state index contributed by atoms with van der Waals surface area (Å²) in [4.78, 5) is 30.1. The van der Waals surface area contributed by atoms with E-state index in [0.29, 0.717) is 30.3 Å². The van der Waals surface area contributed by atoms with Gasteiger partial charge in [-0.15, -0.1) is 0 Å². The molecular weight excluding hydrogens is 418 g/mol. The van der Waals surface area contributed by atoms with Crippen molar-refractivity contribution in [2.45, 2.75) is 13.0 Å². The Hall–Kier alpha value is -2.87. The van der Waals surface area contributed by atoms with Crippen molar-refractivity contribution >= 4 is 40.0 Å². The van der Waals surface area contributed by atoms with Crippen LogP contribution in [-0.2, 0) is 14.3 Å². The van der Waals surface area contributed by atoms with E-state index in [1.807, 2.05) is 37.3 Å². The highest BCUT2D eigenvalue weighted by Crippen LogP contribution is 2.25. The third-order valence-corrected chi connectivity index (χ3v) is 5.59. The fraction of sp³-hybridized carbons (Fsp3) is 0.304. The number of hydrogen-bond donors (Lipinski definition) is 2. The van der Waals surface area contributed by atoms with Crippen LogP contribution in [0.4, 0.5) is 5.69 Å². The maximum Gasteiger partial charge on any atom is 0.253 e. The minimum absolute atomic E-state index is 0.0781. The summed E-state index contributed by atoms with van der Waals surface area (Å²) < 4.78 is 10.5. The Morgan fingerprint density at radius 2 is 2.13 bits per heavy atom. The molecule has 2 heterocycles. The highest BCUT2D eigenvalue weighted by atomic mass is 35.5. The first kappa shape index (κ1) is 21.4. The minimum Gasteiger partial charge on any atom is -0.382 e. The van der Waals surface area contributed by atoms with Gasteiger partial charge in [-0.3, -0.25) is 9.59 Å². The number of rotatable bonds is 6. The number of hydrogen-bond acceptors (Lipinski definition) is 4. The van der Waals surface area contributed by atoms with E-state index in [1.165, 1.54) is 0 Å². The zero-order valence-corrected chi connectivity index (χ0v) is 18.2. The number of benzene rings is 2. The molecule has 0 saturated carbocycles. The molecule has 2 N–H and O–H groups in total. The summed E-state index contributed by atoms with van der Waals surface area (Å²) in [5.74, 6) is -0.299. The van der Waals surface area contributed by atoms with Crippen molar-refractivity contribution in [2.24, 2.45) is 0 Å². The second-order valence-electron chi connectivity index (χ2n) is 7.54. The highest BCUT2D eigenvalue weighted by molar-refractivity contribution is 6.31. The van der Waals surface area contributed by atoms with Gasteiger partial charge in [0.15, 0.2) is 0 Å². The van der Waals surface area contributed by atoms with Crippen molar-refractivity contribution in [1.82, 2.24) is 10.3 Å². The molecule has 1 unspecified atom stereocenters. The standard InChI is InChI=1S/C23H24ClN3O4/c1-14-9-15(3-6-21(14)27-7-8-31-13-22(27)28)23(29)26-20(12-30-2)19-11-16-10-17(24)4-5-18(16)25-19/h3-6,9-11,20,25H,7-8,12-13H2,1-2H3,(H,26,29). The fourth-order valence-electron chi connectivity index (χ4n) is 3.80. The average molecular weight is 442 g/mol. The first-order valence-electron chi connectivity index (χ1n) is 10.0. The zero-order chi connectivity index (χ0) is 22.0. The van der Waals surface area contributed by atoms with Gasteiger partial charge in [0, 0.05) is 46.5 Å². The van der Waals surface area contributed by atoms with Crippen LogP contribution in [0.2, 0.25) is 5.02 Å². The van der Waals surface area contributed by atoms with Crippen molar-refractivity contribution in [3.05, 3.63) is 64.3 Å². The van der Waals surface area contributed by atoms with Crippen molar-refractivity contribution in [3.63, 3.8) is 0 Å². The maximum atomic E-state index is 13.0. The molecule has 162 valence electrons. The molecule has 8 heteroatoms. The van der Waals surface area contributed by atoms with E-state index in [2.05, 4.69) is 10.3 Å². The molecule has 31 heavy (non-hydrogen) atoms. The zero-order valence-electron chi connectivity index (χ0n) is 17.4. The molecule has 0 aliphatic carbocycles. The van der Waals surface area contributed by atoms with Gasteiger partial charge in [0.05, 0.1) is 19.3 Å². The van der Waals surface area contributed by atoms with E-state index < -0.39 is 0 Å². The Labute approximate surface area is 185 Å². The van der Waals surface area contributed by atoms with Crippen LogP contribution < -0.4 is 10.2 Å². The molecule has 1 aromatic heterocycles. The van der Waals surface area contributed by atoms with Crippen LogP contribution in [0.3, 0.4) is 0 Å². The number of H-pyrrole nitrogens is 1. The Bertz CT molecular complexity index is 1130. The molecule has 0 spiro atoms. The lowest BCUT2D eigenvalue weighted by molar-refractivity contribution is -0.125. The van der Waals surface area contributed by atoms with Gasteiger partial charge in [-0.05, 0) is 55.0 Å². The number of carbonyl (C=O) groups is 2. The number of carbonyl (C=O) groups excluding carboxylic acids is 2. The second kappa shape index (κ2) is 9.09. The Balaban J connectivity index is 1.54. The highest BCUT2D eigenvalue weighted by Gasteiger charge is 2.23. The first-order chi connectivity index (χ1) is 15.0. The normalized spacial score (nSPS) is 15.3. The lowest BCUT2D eigenvalue weighted by Gasteiger charge is -2.28. The number of aromatic amines is 1. The number of aryl methyl sites for hydroxylation is 1. The van der Waals surface area contributed by atoms with Gasteiger partial charge in [-0.2, -0.15) is 0 Å². The molecule has 1 aliphatic heterocycles. The molecular formula is C23H24ClN3O4. The van der Waals surface area contributed by atoms with Crippen LogP contribution >= 0.6 is 11.6 Å². The minimum atomic E-state index is -0.357. The number of amides is 2. The average Bonchev–Trinajstić information content (AvgIpc) is 3.17. The summed E-state index contributed by atoms with van der Waals surface area (Å²) in [5.41, 5.74) is 3.93. The molecule has 0 bridgehead atoms. The third kappa shape index (κ3) is 4.58. The monoisotopic (exact) mass is 441 g/mol. The number of morpholine rings is 1. The lowest BCUT2D eigenvalue weighted by Crippen LogP contribution is -2.42. The van der Waals surface area contributed by atoms with Gasteiger partial charge in [-0.25, -0.2) is 0 Å². The number of ether oxygens (including phenoxy) is 2. The number of halogens is 1. The predicted molar refractivity (Wildman–Crippen MR) is 120 cm³/mol. The van der Waals surface area contributed by atoms with Gasteiger partial charge < -0.3 is 24.7 Å². The van der Waals surface area contributed by atoms with Crippen molar-refractivity contribution in [2.75, 3.05) is 38.4 Å². The largest absolute Gasteiger partial charge is 0.382 e. The van der Waals surface area contributed by atoms with Crippen LogP contribution in [-0.4, -0.2) is 50.3 Å².